The zero-order valence-electron chi connectivity index (χ0n) is 16.4. The maximum atomic E-state index is 12.6. The fourth-order valence-corrected chi connectivity index (χ4v) is 3.69. The lowest BCUT2D eigenvalue weighted by molar-refractivity contribution is -0.123. The van der Waals surface area contributed by atoms with Gasteiger partial charge in [0, 0.05) is 16.3 Å². The van der Waals surface area contributed by atoms with E-state index in [0.29, 0.717) is 16.5 Å². The summed E-state index contributed by atoms with van der Waals surface area (Å²) in [5.74, 6) is 0.119. The normalized spacial score (nSPS) is 15.2. The molecule has 0 fully saturated rings. The summed E-state index contributed by atoms with van der Waals surface area (Å²) in [5.41, 5.74) is 5.35. The number of rotatable bonds is 4. The zero-order valence-corrected chi connectivity index (χ0v) is 17.2. The Morgan fingerprint density at radius 3 is 2.59 bits per heavy atom. The molecule has 3 aromatic rings. The summed E-state index contributed by atoms with van der Waals surface area (Å²) >= 11 is 6.12. The first kappa shape index (κ1) is 19.2. The number of fused-ring (bicyclic) bond motifs is 1. The topological polar surface area (TPSA) is 76.0 Å². The van der Waals surface area contributed by atoms with Crippen LogP contribution in [0.4, 0.5) is 11.5 Å². The second-order valence-electron chi connectivity index (χ2n) is 7.34. The fourth-order valence-electron chi connectivity index (χ4n) is 3.51. The van der Waals surface area contributed by atoms with Crippen molar-refractivity contribution in [1.29, 1.82) is 0 Å². The number of carbonyl (C=O) groups excluding carboxylic acids is 2. The van der Waals surface area contributed by atoms with E-state index in [1.54, 1.807) is 16.8 Å². The third-order valence-corrected chi connectivity index (χ3v) is 5.51. The molecule has 0 saturated carbocycles. The Labute approximate surface area is 173 Å². The second kappa shape index (κ2) is 7.37. The van der Waals surface area contributed by atoms with Gasteiger partial charge < -0.3 is 10.6 Å². The molecule has 2 heterocycles. The van der Waals surface area contributed by atoms with Crippen LogP contribution >= 0.6 is 11.6 Å². The van der Waals surface area contributed by atoms with Crippen LogP contribution in [-0.2, 0) is 9.59 Å². The van der Waals surface area contributed by atoms with Crippen LogP contribution in [0.15, 0.2) is 42.5 Å². The molecule has 29 heavy (non-hydrogen) atoms. The van der Waals surface area contributed by atoms with Gasteiger partial charge in [-0.15, -0.1) is 0 Å². The van der Waals surface area contributed by atoms with E-state index in [-0.39, 0.29) is 18.2 Å². The van der Waals surface area contributed by atoms with Gasteiger partial charge in [0.15, 0.2) is 0 Å². The molecule has 2 aromatic carbocycles. The minimum absolute atomic E-state index is 0.0151. The monoisotopic (exact) mass is 408 g/mol. The Kier molecular flexibility index (Phi) is 4.88. The smallest absolute Gasteiger partial charge is 0.251 e. The number of nitrogens with one attached hydrogen (secondary N) is 2. The number of aryl methyl sites for hydroxylation is 3. The van der Waals surface area contributed by atoms with E-state index in [4.69, 9.17) is 11.6 Å². The zero-order chi connectivity index (χ0) is 20.7. The summed E-state index contributed by atoms with van der Waals surface area (Å²) in [6.07, 6.45) is -0.0151. The van der Waals surface area contributed by atoms with Gasteiger partial charge in [-0.1, -0.05) is 47.5 Å². The minimum atomic E-state index is -0.691. The Hall–Kier alpha value is -3.12. The summed E-state index contributed by atoms with van der Waals surface area (Å²) in [6.45, 7) is 5.82. The predicted molar refractivity (Wildman–Crippen MR) is 114 cm³/mol. The van der Waals surface area contributed by atoms with E-state index in [2.05, 4.69) is 15.7 Å². The molecule has 0 bridgehead atoms. The van der Waals surface area contributed by atoms with Gasteiger partial charge in [-0.2, -0.15) is 5.10 Å². The van der Waals surface area contributed by atoms with Crippen LogP contribution in [0.3, 0.4) is 0 Å². The van der Waals surface area contributed by atoms with Crippen LogP contribution < -0.4 is 10.6 Å². The number of amides is 2. The highest BCUT2D eigenvalue weighted by atomic mass is 35.5. The summed E-state index contributed by atoms with van der Waals surface area (Å²) < 4.78 is 1.62. The first-order chi connectivity index (χ1) is 13.8. The van der Waals surface area contributed by atoms with E-state index in [1.165, 1.54) is 0 Å². The minimum Gasteiger partial charge on any atom is -0.326 e. The molecule has 1 aliphatic rings. The van der Waals surface area contributed by atoms with Crippen LogP contribution in [0.5, 0.6) is 0 Å². The predicted octanol–water partition coefficient (Wildman–Crippen LogP) is 4.65. The van der Waals surface area contributed by atoms with Crippen molar-refractivity contribution in [3.63, 3.8) is 0 Å². The Balaban J connectivity index is 1.57. The number of carbonyl (C=O) groups is 2. The fraction of sp³-hybridized carbons (Fsp3) is 0.227. The number of hydrogen-bond acceptors (Lipinski definition) is 3. The lowest BCUT2D eigenvalue weighted by Gasteiger charge is -2.10. The van der Waals surface area contributed by atoms with Crippen molar-refractivity contribution in [2.75, 3.05) is 10.6 Å². The van der Waals surface area contributed by atoms with Gasteiger partial charge >= 0.3 is 0 Å². The molecule has 2 N–H and O–H groups in total. The number of benzene rings is 2. The highest BCUT2D eigenvalue weighted by Gasteiger charge is 2.36. The molecule has 6 nitrogen and oxygen atoms in total. The Bertz CT molecular complexity index is 1120. The third-order valence-electron chi connectivity index (χ3n) is 5.10. The van der Waals surface area contributed by atoms with Crippen molar-refractivity contribution in [2.24, 2.45) is 0 Å². The molecule has 1 aromatic heterocycles. The average molecular weight is 409 g/mol. The molecular weight excluding hydrogens is 388 g/mol. The summed E-state index contributed by atoms with van der Waals surface area (Å²) in [7, 11) is 0. The van der Waals surface area contributed by atoms with Gasteiger partial charge in [0.1, 0.15) is 11.9 Å². The summed E-state index contributed by atoms with van der Waals surface area (Å²) in [5, 5.41) is 10.8. The average Bonchev–Trinajstić information content (AvgIpc) is 3.13. The van der Waals surface area contributed by atoms with Gasteiger partial charge in [-0.25, -0.2) is 4.68 Å². The Morgan fingerprint density at radius 2 is 1.90 bits per heavy atom. The van der Waals surface area contributed by atoms with Crippen LogP contribution in [0, 0.1) is 20.8 Å². The molecule has 1 unspecified atom stereocenters. The van der Waals surface area contributed by atoms with Gasteiger partial charge in [0.05, 0.1) is 12.1 Å². The van der Waals surface area contributed by atoms with Crippen molar-refractivity contribution >= 4 is 34.9 Å². The maximum Gasteiger partial charge on any atom is 0.251 e. The number of hydrogen-bond donors (Lipinski definition) is 2. The van der Waals surface area contributed by atoms with Gasteiger partial charge in [-0.3, -0.25) is 9.59 Å². The first-order valence-electron chi connectivity index (χ1n) is 9.36. The molecule has 7 heteroatoms. The SMILES string of the molecule is Cc1ccc(-c2c(C)nn3c2NC(=O)C3CC(=O)Nc2ccc(C)c(Cl)c2)cc1. The van der Waals surface area contributed by atoms with Gasteiger partial charge in [0.25, 0.3) is 5.91 Å². The van der Waals surface area contributed by atoms with Gasteiger partial charge in [-0.05, 0) is 44.0 Å². The van der Waals surface area contributed by atoms with E-state index in [0.717, 1.165) is 27.9 Å². The molecule has 0 aliphatic carbocycles. The standard InChI is InChI=1S/C22H21ClN4O2/c1-12-4-7-15(8-5-12)20-14(3)26-27-18(22(29)25-21(20)27)11-19(28)24-16-9-6-13(2)17(23)10-16/h4-10,18H,11H2,1-3H3,(H,24,28)(H,25,29). The lowest BCUT2D eigenvalue weighted by Crippen LogP contribution is -2.23. The number of nitrogens with zero attached hydrogens (tertiary/aromatic N) is 2. The molecule has 2 amide bonds. The highest BCUT2D eigenvalue weighted by Crippen LogP contribution is 2.38. The van der Waals surface area contributed by atoms with E-state index in [9.17, 15) is 9.59 Å². The van der Waals surface area contributed by atoms with Crippen molar-refractivity contribution in [3.8, 4) is 11.1 Å². The number of halogens is 1. The van der Waals surface area contributed by atoms with Crippen molar-refractivity contribution < 1.29 is 9.59 Å². The number of aromatic nitrogens is 2. The summed E-state index contributed by atoms with van der Waals surface area (Å²) in [6, 6.07) is 12.7. The van der Waals surface area contributed by atoms with E-state index in [1.807, 2.05) is 51.1 Å². The summed E-state index contributed by atoms with van der Waals surface area (Å²) in [4.78, 5) is 25.1. The molecule has 0 spiro atoms. The molecule has 1 aliphatic heterocycles. The number of anilines is 2. The Morgan fingerprint density at radius 1 is 1.17 bits per heavy atom. The van der Waals surface area contributed by atoms with Crippen molar-refractivity contribution in [3.05, 3.63) is 64.3 Å². The lowest BCUT2D eigenvalue weighted by atomic mass is 10.0. The van der Waals surface area contributed by atoms with Gasteiger partial charge in [0.2, 0.25) is 5.91 Å². The molecule has 0 saturated heterocycles. The largest absolute Gasteiger partial charge is 0.326 e. The molecule has 1 atom stereocenters. The van der Waals surface area contributed by atoms with Crippen LogP contribution in [0.25, 0.3) is 11.1 Å². The van der Waals surface area contributed by atoms with Crippen LogP contribution in [0.1, 0.15) is 29.3 Å². The molecular formula is C22H21ClN4O2. The molecule has 4 rings (SSSR count). The maximum absolute atomic E-state index is 12.6. The van der Waals surface area contributed by atoms with Crippen molar-refractivity contribution in [1.82, 2.24) is 9.78 Å². The van der Waals surface area contributed by atoms with E-state index >= 15 is 0 Å². The quantitative estimate of drug-likeness (QED) is 0.659. The van der Waals surface area contributed by atoms with Crippen molar-refractivity contribution in [2.45, 2.75) is 33.2 Å². The van der Waals surface area contributed by atoms with E-state index < -0.39 is 6.04 Å². The van der Waals surface area contributed by atoms with Crippen LogP contribution in [-0.4, -0.2) is 21.6 Å². The molecule has 0 radical (unpaired) electrons. The molecule has 148 valence electrons. The third kappa shape index (κ3) is 3.63. The highest BCUT2D eigenvalue weighted by molar-refractivity contribution is 6.31. The second-order valence-corrected chi connectivity index (χ2v) is 7.75. The van der Waals surface area contributed by atoms with Crippen LogP contribution in [0.2, 0.25) is 5.02 Å². The first-order valence-corrected chi connectivity index (χ1v) is 9.74.